The van der Waals surface area contributed by atoms with Crippen molar-refractivity contribution in [1.29, 1.82) is 5.26 Å². The van der Waals surface area contributed by atoms with Crippen LogP contribution in [0.4, 0.5) is 0 Å². The topological polar surface area (TPSA) is 67.0 Å². The van der Waals surface area contributed by atoms with Gasteiger partial charge in [0.2, 0.25) is 0 Å². The average molecular weight is 454 g/mol. The smallest absolute Gasteiger partial charge is 0.262 e. The van der Waals surface area contributed by atoms with Crippen LogP contribution in [0, 0.1) is 11.3 Å². The molecule has 0 saturated carbocycles. The highest BCUT2D eigenvalue weighted by molar-refractivity contribution is 6.42. The molecule has 7 heteroatoms. The first-order chi connectivity index (χ1) is 15.0. The van der Waals surface area contributed by atoms with Crippen LogP contribution in [0.15, 0.2) is 54.2 Å². The number of halogens is 2. The minimum absolute atomic E-state index is 0.0250. The van der Waals surface area contributed by atoms with Gasteiger partial charge in [-0.05, 0) is 42.7 Å². The molecular formula is C24H21Cl2N3O2. The lowest BCUT2D eigenvalue weighted by atomic mass is 10.1. The highest BCUT2D eigenvalue weighted by atomic mass is 35.5. The lowest BCUT2D eigenvalue weighted by Crippen LogP contribution is -2.32. The highest BCUT2D eigenvalue weighted by Gasteiger charge is 2.18. The maximum absolute atomic E-state index is 12.5. The lowest BCUT2D eigenvalue weighted by Gasteiger charge is -2.10. The van der Waals surface area contributed by atoms with Gasteiger partial charge in [0, 0.05) is 42.4 Å². The Hall–Kier alpha value is -2.78. The molecule has 2 aromatic carbocycles. The number of amides is 1. The van der Waals surface area contributed by atoms with Crippen LogP contribution in [0.25, 0.3) is 17.0 Å². The lowest BCUT2D eigenvalue weighted by molar-refractivity contribution is -0.117. The van der Waals surface area contributed by atoms with Crippen LogP contribution in [-0.4, -0.2) is 29.7 Å². The van der Waals surface area contributed by atoms with E-state index in [1.54, 1.807) is 12.1 Å². The molecule has 0 bridgehead atoms. The molecule has 5 nitrogen and oxygen atoms in total. The van der Waals surface area contributed by atoms with Crippen LogP contribution < -0.4 is 5.32 Å². The third kappa shape index (κ3) is 4.94. The predicted molar refractivity (Wildman–Crippen MR) is 123 cm³/mol. The summed E-state index contributed by atoms with van der Waals surface area (Å²) in [6.07, 6.45) is 5.53. The molecule has 1 atom stereocenters. The summed E-state index contributed by atoms with van der Waals surface area (Å²) in [5.41, 5.74) is 2.87. The number of carbonyl (C=O) groups is 1. The molecule has 31 heavy (non-hydrogen) atoms. The average Bonchev–Trinajstić information content (AvgIpc) is 3.41. The van der Waals surface area contributed by atoms with E-state index in [1.807, 2.05) is 48.7 Å². The van der Waals surface area contributed by atoms with Crippen molar-refractivity contribution >= 4 is 46.1 Å². The summed E-state index contributed by atoms with van der Waals surface area (Å²) in [7, 11) is 0. The van der Waals surface area contributed by atoms with Crippen LogP contribution in [0.2, 0.25) is 10.0 Å². The number of para-hydroxylation sites is 1. The number of hydrogen-bond acceptors (Lipinski definition) is 3. The van der Waals surface area contributed by atoms with E-state index in [9.17, 15) is 10.1 Å². The summed E-state index contributed by atoms with van der Waals surface area (Å²) in [4.78, 5) is 12.5. The minimum atomic E-state index is -0.390. The van der Waals surface area contributed by atoms with Crippen LogP contribution in [0.1, 0.15) is 24.0 Å². The Morgan fingerprint density at radius 1 is 1.26 bits per heavy atom. The van der Waals surface area contributed by atoms with E-state index in [4.69, 9.17) is 27.9 Å². The zero-order chi connectivity index (χ0) is 21.8. The van der Waals surface area contributed by atoms with Crippen LogP contribution in [0.5, 0.6) is 0 Å². The second kappa shape index (κ2) is 9.57. The van der Waals surface area contributed by atoms with Gasteiger partial charge in [0.05, 0.1) is 16.1 Å². The van der Waals surface area contributed by atoms with Crippen molar-refractivity contribution in [2.75, 3.05) is 13.2 Å². The van der Waals surface area contributed by atoms with Gasteiger partial charge in [-0.25, -0.2) is 0 Å². The molecule has 2 heterocycles. The number of fused-ring (bicyclic) bond motifs is 1. The highest BCUT2D eigenvalue weighted by Crippen LogP contribution is 2.27. The maximum Gasteiger partial charge on any atom is 0.262 e. The van der Waals surface area contributed by atoms with Gasteiger partial charge in [-0.1, -0.05) is 47.5 Å². The number of hydrogen-bond donors (Lipinski definition) is 1. The number of rotatable bonds is 6. The third-order valence-corrected chi connectivity index (χ3v) is 6.07. The Morgan fingerprint density at radius 2 is 2.10 bits per heavy atom. The molecule has 1 amide bonds. The molecule has 1 fully saturated rings. The van der Waals surface area contributed by atoms with E-state index >= 15 is 0 Å². The molecule has 1 aromatic heterocycles. The largest absolute Gasteiger partial charge is 0.376 e. The summed E-state index contributed by atoms with van der Waals surface area (Å²) in [5, 5.41) is 14.4. The van der Waals surface area contributed by atoms with Crippen molar-refractivity contribution in [3.05, 3.63) is 75.4 Å². The van der Waals surface area contributed by atoms with E-state index in [0.29, 0.717) is 23.1 Å². The molecule has 0 radical (unpaired) electrons. The Balaban J connectivity index is 1.61. The first-order valence-corrected chi connectivity index (χ1v) is 10.8. The van der Waals surface area contributed by atoms with E-state index in [2.05, 4.69) is 9.88 Å². The number of nitriles is 1. The van der Waals surface area contributed by atoms with Crippen molar-refractivity contribution in [2.45, 2.75) is 25.5 Å². The maximum atomic E-state index is 12.5. The van der Waals surface area contributed by atoms with E-state index in [-0.39, 0.29) is 17.6 Å². The molecule has 1 aliphatic rings. The van der Waals surface area contributed by atoms with Crippen LogP contribution in [0.3, 0.4) is 0 Å². The quantitative estimate of drug-likeness (QED) is 0.411. The molecule has 1 aliphatic heterocycles. The van der Waals surface area contributed by atoms with Gasteiger partial charge >= 0.3 is 0 Å². The van der Waals surface area contributed by atoms with Crippen molar-refractivity contribution in [1.82, 2.24) is 9.88 Å². The number of nitrogens with zero attached hydrogens (tertiary/aromatic N) is 2. The molecule has 0 aliphatic carbocycles. The summed E-state index contributed by atoms with van der Waals surface area (Å²) < 4.78 is 7.60. The normalized spacial score (nSPS) is 16.4. The van der Waals surface area contributed by atoms with Crippen molar-refractivity contribution in [3.8, 4) is 6.07 Å². The Bertz CT molecular complexity index is 1190. The zero-order valence-electron chi connectivity index (χ0n) is 16.8. The molecule has 4 rings (SSSR count). The van der Waals surface area contributed by atoms with Crippen LogP contribution >= 0.6 is 23.2 Å². The van der Waals surface area contributed by atoms with Gasteiger partial charge in [-0.2, -0.15) is 5.26 Å². The Morgan fingerprint density at radius 3 is 2.84 bits per heavy atom. The van der Waals surface area contributed by atoms with Crippen molar-refractivity contribution in [2.24, 2.45) is 0 Å². The third-order valence-electron chi connectivity index (χ3n) is 5.34. The summed E-state index contributed by atoms with van der Waals surface area (Å²) in [6.45, 7) is 1.72. The van der Waals surface area contributed by atoms with Gasteiger partial charge in [0.25, 0.3) is 5.91 Å². The standard InChI is InChI=1S/C24H21Cl2N3O2/c25-21-8-7-16(10-22(21)26)14-29-15-18(20-5-1-2-6-23(20)29)11-17(12-27)24(30)28-13-19-4-3-9-31-19/h1-2,5-8,10-11,15,19H,3-4,9,13-14H2,(H,28,30)/b17-11+/t19-/m1/s1. The van der Waals surface area contributed by atoms with Crippen LogP contribution in [-0.2, 0) is 16.1 Å². The number of benzene rings is 2. The summed E-state index contributed by atoms with van der Waals surface area (Å²) >= 11 is 12.2. The van der Waals surface area contributed by atoms with E-state index in [1.165, 1.54) is 0 Å². The molecule has 158 valence electrons. The fraction of sp³-hybridized carbons (Fsp3) is 0.250. The second-order valence-corrected chi connectivity index (χ2v) is 8.31. The van der Waals surface area contributed by atoms with E-state index in [0.717, 1.165) is 41.5 Å². The molecule has 1 N–H and O–H groups in total. The minimum Gasteiger partial charge on any atom is -0.376 e. The number of aromatic nitrogens is 1. The van der Waals surface area contributed by atoms with Gasteiger partial charge in [0.1, 0.15) is 11.6 Å². The number of nitrogens with one attached hydrogen (secondary N) is 1. The fourth-order valence-electron chi connectivity index (χ4n) is 3.77. The zero-order valence-corrected chi connectivity index (χ0v) is 18.3. The van der Waals surface area contributed by atoms with Crippen molar-refractivity contribution < 1.29 is 9.53 Å². The number of ether oxygens (including phenoxy) is 1. The molecular weight excluding hydrogens is 433 g/mol. The second-order valence-electron chi connectivity index (χ2n) is 7.49. The van der Waals surface area contributed by atoms with E-state index < -0.39 is 0 Å². The predicted octanol–water partition coefficient (Wildman–Crippen LogP) is 5.20. The Kier molecular flexibility index (Phi) is 6.62. The van der Waals surface area contributed by atoms with Gasteiger partial charge in [0.15, 0.2) is 0 Å². The van der Waals surface area contributed by atoms with Gasteiger partial charge in [-0.15, -0.1) is 0 Å². The molecule has 3 aromatic rings. The van der Waals surface area contributed by atoms with Gasteiger partial charge in [-0.3, -0.25) is 4.79 Å². The SMILES string of the molecule is N#C/C(=C\c1cn(Cc2ccc(Cl)c(Cl)c2)c2ccccc12)C(=O)NC[C@H]1CCCO1. The molecule has 0 unspecified atom stereocenters. The molecule has 0 spiro atoms. The first kappa shape index (κ1) is 21.5. The first-order valence-electron chi connectivity index (χ1n) is 10.1. The fourth-order valence-corrected chi connectivity index (χ4v) is 4.09. The summed E-state index contributed by atoms with van der Waals surface area (Å²) in [5.74, 6) is -0.390. The van der Waals surface area contributed by atoms with Crippen molar-refractivity contribution in [3.63, 3.8) is 0 Å². The number of carbonyl (C=O) groups excluding carboxylic acids is 1. The summed E-state index contributed by atoms with van der Waals surface area (Å²) in [6, 6.07) is 15.5. The molecule has 1 saturated heterocycles. The Labute approximate surface area is 190 Å². The monoisotopic (exact) mass is 453 g/mol. The van der Waals surface area contributed by atoms with Gasteiger partial charge < -0.3 is 14.6 Å².